The minimum Gasteiger partial charge on any atom is -0.383 e. The number of hydrogen-bond donors (Lipinski definition) is 2. The maximum atomic E-state index is 5.95. The van der Waals surface area contributed by atoms with Gasteiger partial charge in [0.1, 0.15) is 5.82 Å². The van der Waals surface area contributed by atoms with Crippen LogP contribution < -0.4 is 11.1 Å². The second kappa shape index (κ2) is 5.15. The van der Waals surface area contributed by atoms with Crippen LogP contribution in [0.4, 0.5) is 5.82 Å². The molecule has 3 heteroatoms. The number of pyridine rings is 1. The number of anilines is 1. The molecule has 3 nitrogen and oxygen atoms in total. The van der Waals surface area contributed by atoms with E-state index in [-0.39, 0.29) is 0 Å². The molecule has 90 valence electrons. The van der Waals surface area contributed by atoms with E-state index in [1.54, 1.807) is 0 Å². The maximum absolute atomic E-state index is 5.95. The van der Waals surface area contributed by atoms with Crippen LogP contribution in [0.1, 0.15) is 19.5 Å². The van der Waals surface area contributed by atoms with Crippen molar-refractivity contribution in [2.45, 2.75) is 20.4 Å². The number of nitrogen functional groups attached to an aromatic ring is 1. The van der Waals surface area contributed by atoms with Gasteiger partial charge in [0.05, 0.1) is 5.69 Å². The maximum Gasteiger partial charge on any atom is 0.131 e. The number of nitrogens with two attached hydrogens (primary N) is 1. The molecule has 0 aliphatic heterocycles. The van der Waals surface area contributed by atoms with E-state index in [9.17, 15) is 0 Å². The van der Waals surface area contributed by atoms with Crippen molar-refractivity contribution >= 4 is 16.6 Å². The second-order valence-corrected chi connectivity index (χ2v) is 4.74. The van der Waals surface area contributed by atoms with Gasteiger partial charge < -0.3 is 11.1 Å². The zero-order valence-electron chi connectivity index (χ0n) is 10.4. The fraction of sp³-hybridized carbons (Fsp3) is 0.357. The Bertz CT molecular complexity index is 506. The smallest absolute Gasteiger partial charge is 0.131 e. The fourth-order valence-corrected chi connectivity index (χ4v) is 1.86. The molecule has 0 spiro atoms. The summed E-state index contributed by atoms with van der Waals surface area (Å²) in [5.41, 5.74) is 6.95. The molecular formula is C14H19N3. The van der Waals surface area contributed by atoms with Crippen LogP contribution in [0.2, 0.25) is 0 Å². The summed E-state index contributed by atoms with van der Waals surface area (Å²) in [6.07, 6.45) is 0. The SMILES string of the molecule is CC(C)CNCc1cc2ccccc2c(N)n1. The third-order valence-corrected chi connectivity index (χ3v) is 2.68. The molecule has 2 aromatic rings. The lowest BCUT2D eigenvalue weighted by Gasteiger charge is -2.09. The molecule has 17 heavy (non-hydrogen) atoms. The minimum atomic E-state index is 0.615. The highest BCUT2D eigenvalue weighted by Gasteiger charge is 2.02. The van der Waals surface area contributed by atoms with Crippen molar-refractivity contribution in [1.82, 2.24) is 10.3 Å². The van der Waals surface area contributed by atoms with Gasteiger partial charge in [-0.25, -0.2) is 4.98 Å². The summed E-state index contributed by atoms with van der Waals surface area (Å²) in [5.74, 6) is 1.26. The van der Waals surface area contributed by atoms with Crippen LogP contribution in [0.25, 0.3) is 10.8 Å². The number of hydrogen-bond acceptors (Lipinski definition) is 3. The van der Waals surface area contributed by atoms with Crippen molar-refractivity contribution in [2.75, 3.05) is 12.3 Å². The van der Waals surface area contributed by atoms with E-state index in [1.807, 2.05) is 18.2 Å². The normalized spacial score (nSPS) is 11.2. The molecule has 0 unspecified atom stereocenters. The van der Waals surface area contributed by atoms with Gasteiger partial charge in [-0.3, -0.25) is 0 Å². The topological polar surface area (TPSA) is 50.9 Å². The van der Waals surface area contributed by atoms with Crippen LogP contribution in [0.5, 0.6) is 0 Å². The summed E-state index contributed by atoms with van der Waals surface area (Å²) in [5, 5.41) is 5.56. The lowest BCUT2D eigenvalue weighted by Crippen LogP contribution is -2.19. The van der Waals surface area contributed by atoms with Crippen molar-refractivity contribution in [3.63, 3.8) is 0 Å². The molecule has 0 aliphatic carbocycles. The van der Waals surface area contributed by atoms with Gasteiger partial charge in [-0.2, -0.15) is 0 Å². The summed E-state index contributed by atoms with van der Waals surface area (Å²) in [6, 6.07) is 10.2. The lowest BCUT2D eigenvalue weighted by molar-refractivity contribution is 0.548. The quantitative estimate of drug-likeness (QED) is 0.847. The average Bonchev–Trinajstić information content (AvgIpc) is 2.28. The third kappa shape index (κ3) is 2.94. The van der Waals surface area contributed by atoms with Crippen molar-refractivity contribution in [2.24, 2.45) is 5.92 Å². The molecule has 1 heterocycles. The van der Waals surface area contributed by atoms with Crippen molar-refractivity contribution in [1.29, 1.82) is 0 Å². The summed E-state index contributed by atoms with van der Waals surface area (Å²) in [6.45, 7) is 6.14. The Hall–Kier alpha value is -1.61. The number of fused-ring (bicyclic) bond motifs is 1. The Morgan fingerprint density at radius 3 is 2.82 bits per heavy atom. The first-order valence-corrected chi connectivity index (χ1v) is 6.01. The summed E-state index contributed by atoms with van der Waals surface area (Å²) >= 11 is 0. The third-order valence-electron chi connectivity index (χ3n) is 2.68. The van der Waals surface area contributed by atoms with E-state index in [1.165, 1.54) is 0 Å². The average molecular weight is 229 g/mol. The van der Waals surface area contributed by atoms with Gasteiger partial charge in [0.15, 0.2) is 0 Å². The number of nitrogens with zero attached hydrogens (tertiary/aromatic N) is 1. The minimum absolute atomic E-state index is 0.615. The standard InChI is InChI=1S/C14H19N3/c1-10(2)8-16-9-12-7-11-5-3-4-6-13(11)14(15)17-12/h3-7,10,16H,8-9H2,1-2H3,(H2,15,17). The summed E-state index contributed by atoms with van der Waals surface area (Å²) in [7, 11) is 0. The van der Waals surface area contributed by atoms with E-state index < -0.39 is 0 Å². The number of rotatable bonds is 4. The van der Waals surface area contributed by atoms with Crippen LogP contribution in [-0.2, 0) is 6.54 Å². The summed E-state index contributed by atoms with van der Waals surface area (Å²) in [4.78, 5) is 4.41. The Labute approximate surface area is 102 Å². The van der Waals surface area contributed by atoms with Gasteiger partial charge in [-0.05, 0) is 23.9 Å². The highest BCUT2D eigenvalue weighted by molar-refractivity contribution is 5.91. The van der Waals surface area contributed by atoms with Gasteiger partial charge in [0.25, 0.3) is 0 Å². The first-order valence-electron chi connectivity index (χ1n) is 6.01. The predicted octanol–water partition coefficient (Wildman–Crippen LogP) is 2.56. The second-order valence-electron chi connectivity index (χ2n) is 4.74. The molecule has 0 saturated heterocycles. The van der Waals surface area contributed by atoms with Crippen molar-refractivity contribution in [3.05, 3.63) is 36.0 Å². The molecule has 0 bridgehead atoms. The molecule has 0 amide bonds. The zero-order chi connectivity index (χ0) is 12.3. The molecule has 1 aromatic heterocycles. The fourth-order valence-electron chi connectivity index (χ4n) is 1.86. The van der Waals surface area contributed by atoms with Gasteiger partial charge in [0, 0.05) is 11.9 Å². The van der Waals surface area contributed by atoms with Crippen LogP contribution in [0.15, 0.2) is 30.3 Å². The number of aromatic nitrogens is 1. The van der Waals surface area contributed by atoms with E-state index in [4.69, 9.17) is 5.73 Å². The predicted molar refractivity (Wildman–Crippen MR) is 72.7 cm³/mol. The van der Waals surface area contributed by atoms with Crippen molar-refractivity contribution < 1.29 is 0 Å². The Morgan fingerprint density at radius 1 is 1.29 bits per heavy atom. The molecule has 0 radical (unpaired) electrons. The first kappa shape index (κ1) is 11.9. The van der Waals surface area contributed by atoms with Gasteiger partial charge in [-0.1, -0.05) is 38.1 Å². The molecule has 2 rings (SSSR count). The van der Waals surface area contributed by atoms with E-state index in [0.29, 0.717) is 11.7 Å². The highest BCUT2D eigenvalue weighted by Crippen LogP contribution is 2.19. The molecule has 0 fully saturated rings. The molecule has 0 saturated carbocycles. The Balaban J connectivity index is 2.19. The van der Waals surface area contributed by atoms with Gasteiger partial charge in [0.2, 0.25) is 0 Å². The van der Waals surface area contributed by atoms with Gasteiger partial charge in [-0.15, -0.1) is 0 Å². The molecular weight excluding hydrogens is 210 g/mol. The molecule has 3 N–H and O–H groups in total. The molecule has 0 aliphatic rings. The highest BCUT2D eigenvalue weighted by atomic mass is 14.9. The van der Waals surface area contributed by atoms with Crippen LogP contribution >= 0.6 is 0 Å². The first-order chi connectivity index (χ1) is 8.16. The van der Waals surface area contributed by atoms with Crippen LogP contribution in [-0.4, -0.2) is 11.5 Å². The number of benzene rings is 1. The van der Waals surface area contributed by atoms with E-state index >= 15 is 0 Å². The largest absolute Gasteiger partial charge is 0.383 e. The van der Waals surface area contributed by atoms with Crippen molar-refractivity contribution in [3.8, 4) is 0 Å². The monoisotopic (exact) mass is 229 g/mol. The lowest BCUT2D eigenvalue weighted by atomic mass is 10.1. The number of nitrogens with one attached hydrogen (secondary N) is 1. The Kier molecular flexibility index (Phi) is 3.59. The van der Waals surface area contributed by atoms with Gasteiger partial charge >= 0.3 is 0 Å². The van der Waals surface area contributed by atoms with E-state index in [2.05, 4.69) is 36.3 Å². The van der Waals surface area contributed by atoms with Crippen LogP contribution in [0.3, 0.4) is 0 Å². The zero-order valence-corrected chi connectivity index (χ0v) is 10.4. The summed E-state index contributed by atoms with van der Waals surface area (Å²) < 4.78 is 0. The molecule has 1 aromatic carbocycles. The van der Waals surface area contributed by atoms with Crippen LogP contribution in [0, 0.1) is 5.92 Å². The molecule has 0 atom stereocenters. The Morgan fingerprint density at radius 2 is 2.06 bits per heavy atom. The van der Waals surface area contributed by atoms with E-state index in [0.717, 1.165) is 29.6 Å².